The summed E-state index contributed by atoms with van der Waals surface area (Å²) < 4.78 is 0. The minimum atomic E-state index is 0.173. The number of benzene rings is 1. The van der Waals surface area contributed by atoms with E-state index in [-0.39, 0.29) is 6.17 Å². The van der Waals surface area contributed by atoms with Crippen molar-refractivity contribution in [3.63, 3.8) is 0 Å². The minimum absolute atomic E-state index is 0.173. The third-order valence-corrected chi connectivity index (χ3v) is 3.07. The third-order valence-electron chi connectivity index (χ3n) is 3.07. The lowest BCUT2D eigenvalue weighted by molar-refractivity contribution is 0.556. The molecule has 0 aliphatic carbocycles. The first-order valence-electron chi connectivity index (χ1n) is 5.83. The van der Waals surface area contributed by atoms with E-state index >= 15 is 0 Å². The number of aromatic nitrogens is 1. The Morgan fingerprint density at radius 1 is 1.18 bits per heavy atom. The van der Waals surface area contributed by atoms with Gasteiger partial charge in [0.25, 0.3) is 0 Å². The second-order valence-corrected chi connectivity index (χ2v) is 4.37. The summed E-state index contributed by atoms with van der Waals surface area (Å²) in [6.07, 6.45) is 2.00. The van der Waals surface area contributed by atoms with Gasteiger partial charge in [-0.15, -0.1) is 0 Å². The highest BCUT2D eigenvalue weighted by Gasteiger charge is 2.18. The molecule has 3 rings (SSSR count). The molecular weight excluding hydrogens is 210 g/mol. The number of hydrogen-bond donors (Lipinski definition) is 2. The highest BCUT2D eigenvalue weighted by Crippen LogP contribution is 2.24. The van der Waals surface area contributed by atoms with E-state index in [9.17, 15) is 0 Å². The van der Waals surface area contributed by atoms with Gasteiger partial charge in [-0.2, -0.15) is 0 Å². The Hall–Kier alpha value is -1.87. The van der Waals surface area contributed by atoms with Crippen LogP contribution in [0.1, 0.15) is 23.0 Å². The van der Waals surface area contributed by atoms with Crippen LogP contribution < -0.4 is 10.6 Å². The quantitative estimate of drug-likeness (QED) is 0.783. The molecule has 86 valence electrons. The van der Waals surface area contributed by atoms with Gasteiger partial charge in [-0.1, -0.05) is 29.8 Å². The van der Waals surface area contributed by atoms with Gasteiger partial charge in [0.2, 0.25) is 0 Å². The summed E-state index contributed by atoms with van der Waals surface area (Å²) in [6.45, 7) is 2.91. The summed E-state index contributed by atoms with van der Waals surface area (Å²) >= 11 is 0. The number of nitrogens with zero attached hydrogens (tertiary/aromatic N) is 1. The monoisotopic (exact) mass is 225 g/mol. The average molecular weight is 225 g/mol. The maximum Gasteiger partial charge on any atom is 0.104 e. The standard InChI is InChI=1S/C14H15N3/c1-10-4-6-11(7-5-10)14-16-9-13-12(17-14)3-2-8-15-13/h2-8,14,16-17H,9H2,1H3. The Bertz CT molecular complexity index is 519. The van der Waals surface area contributed by atoms with E-state index in [1.807, 2.05) is 12.3 Å². The van der Waals surface area contributed by atoms with Crippen molar-refractivity contribution in [2.75, 3.05) is 5.32 Å². The highest BCUT2D eigenvalue weighted by atomic mass is 15.2. The molecule has 0 radical (unpaired) electrons. The van der Waals surface area contributed by atoms with E-state index in [1.165, 1.54) is 11.1 Å². The molecule has 3 heteroatoms. The number of hydrogen-bond acceptors (Lipinski definition) is 3. The van der Waals surface area contributed by atoms with Crippen LogP contribution in [-0.4, -0.2) is 4.98 Å². The van der Waals surface area contributed by atoms with Crippen molar-refractivity contribution in [3.8, 4) is 0 Å². The SMILES string of the molecule is Cc1ccc(C2NCc3ncccc3N2)cc1. The first-order chi connectivity index (χ1) is 8.33. The van der Waals surface area contributed by atoms with Gasteiger partial charge in [-0.05, 0) is 24.6 Å². The second kappa shape index (κ2) is 4.18. The highest BCUT2D eigenvalue weighted by molar-refractivity contribution is 5.51. The predicted molar refractivity (Wildman–Crippen MR) is 68.6 cm³/mol. The molecule has 1 aromatic carbocycles. The molecule has 0 bridgehead atoms. The summed E-state index contributed by atoms with van der Waals surface area (Å²) in [5.41, 5.74) is 4.74. The fourth-order valence-corrected chi connectivity index (χ4v) is 2.08. The van der Waals surface area contributed by atoms with E-state index in [0.717, 1.165) is 17.9 Å². The van der Waals surface area contributed by atoms with Crippen molar-refractivity contribution in [1.82, 2.24) is 10.3 Å². The van der Waals surface area contributed by atoms with Gasteiger partial charge in [0.15, 0.2) is 0 Å². The van der Waals surface area contributed by atoms with Crippen molar-refractivity contribution in [1.29, 1.82) is 0 Å². The summed E-state index contributed by atoms with van der Waals surface area (Å²) in [6, 6.07) is 12.6. The van der Waals surface area contributed by atoms with Crippen molar-refractivity contribution in [2.45, 2.75) is 19.6 Å². The summed E-state index contributed by atoms with van der Waals surface area (Å²) in [4.78, 5) is 4.34. The van der Waals surface area contributed by atoms with E-state index in [0.29, 0.717) is 0 Å². The maximum absolute atomic E-state index is 4.34. The molecule has 1 aliphatic rings. The number of anilines is 1. The Kier molecular flexibility index (Phi) is 2.53. The van der Waals surface area contributed by atoms with Crippen molar-refractivity contribution < 1.29 is 0 Å². The van der Waals surface area contributed by atoms with Gasteiger partial charge >= 0.3 is 0 Å². The molecule has 0 saturated heterocycles. The maximum atomic E-state index is 4.34. The molecule has 3 nitrogen and oxygen atoms in total. The zero-order valence-electron chi connectivity index (χ0n) is 9.77. The first-order valence-corrected chi connectivity index (χ1v) is 5.83. The largest absolute Gasteiger partial charge is 0.364 e. The van der Waals surface area contributed by atoms with Gasteiger partial charge in [0, 0.05) is 12.7 Å². The smallest absolute Gasteiger partial charge is 0.104 e. The number of aryl methyl sites for hydroxylation is 1. The lowest BCUT2D eigenvalue weighted by Crippen LogP contribution is -2.33. The fourth-order valence-electron chi connectivity index (χ4n) is 2.08. The van der Waals surface area contributed by atoms with Crippen LogP contribution in [0.25, 0.3) is 0 Å². The normalized spacial score (nSPS) is 18.3. The van der Waals surface area contributed by atoms with E-state index in [4.69, 9.17) is 0 Å². The third kappa shape index (κ3) is 2.01. The van der Waals surface area contributed by atoms with Crippen LogP contribution in [-0.2, 0) is 6.54 Å². The molecule has 1 aromatic heterocycles. The van der Waals surface area contributed by atoms with Crippen molar-refractivity contribution >= 4 is 5.69 Å². The molecule has 0 fully saturated rings. The molecule has 17 heavy (non-hydrogen) atoms. The Morgan fingerprint density at radius 3 is 2.82 bits per heavy atom. The summed E-state index contributed by atoms with van der Waals surface area (Å²) in [5.74, 6) is 0. The Morgan fingerprint density at radius 2 is 2.00 bits per heavy atom. The fraction of sp³-hybridized carbons (Fsp3) is 0.214. The minimum Gasteiger partial charge on any atom is -0.364 e. The first kappa shape index (κ1) is 10.3. The van der Waals surface area contributed by atoms with Crippen molar-refractivity contribution in [2.24, 2.45) is 0 Å². The van der Waals surface area contributed by atoms with Crippen LogP contribution in [0.15, 0.2) is 42.6 Å². The van der Waals surface area contributed by atoms with Gasteiger partial charge in [0.05, 0.1) is 11.4 Å². The zero-order valence-corrected chi connectivity index (χ0v) is 9.77. The predicted octanol–water partition coefficient (Wildman–Crippen LogP) is 2.60. The molecule has 1 atom stereocenters. The van der Waals surface area contributed by atoms with E-state index in [2.05, 4.69) is 52.9 Å². The van der Waals surface area contributed by atoms with Crippen molar-refractivity contribution in [3.05, 3.63) is 59.4 Å². The van der Waals surface area contributed by atoms with Gasteiger partial charge in [-0.25, -0.2) is 0 Å². The summed E-state index contributed by atoms with van der Waals surface area (Å²) in [7, 11) is 0. The van der Waals surface area contributed by atoms with Gasteiger partial charge in [0.1, 0.15) is 6.17 Å². The lowest BCUT2D eigenvalue weighted by Gasteiger charge is -2.27. The molecule has 1 aliphatic heterocycles. The summed E-state index contributed by atoms with van der Waals surface area (Å²) in [5, 5.41) is 6.90. The number of rotatable bonds is 1. The van der Waals surface area contributed by atoms with Crippen LogP contribution in [0.2, 0.25) is 0 Å². The van der Waals surface area contributed by atoms with Gasteiger partial charge < -0.3 is 5.32 Å². The molecule has 2 aromatic rings. The molecule has 0 spiro atoms. The Labute approximate surface area is 101 Å². The van der Waals surface area contributed by atoms with Crippen LogP contribution in [0, 0.1) is 6.92 Å². The second-order valence-electron chi connectivity index (χ2n) is 4.37. The van der Waals surface area contributed by atoms with E-state index in [1.54, 1.807) is 0 Å². The number of fused-ring (bicyclic) bond motifs is 1. The lowest BCUT2D eigenvalue weighted by atomic mass is 10.1. The average Bonchev–Trinajstić information content (AvgIpc) is 2.39. The topological polar surface area (TPSA) is 37.0 Å². The molecule has 1 unspecified atom stereocenters. The Balaban J connectivity index is 1.86. The van der Waals surface area contributed by atoms with E-state index < -0.39 is 0 Å². The zero-order chi connectivity index (χ0) is 11.7. The van der Waals surface area contributed by atoms with Crippen LogP contribution >= 0.6 is 0 Å². The number of nitrogens with one attached hydrogen (secondary N) is 2. The molecule has 2 N–H and O–H groups in total. The van der Waals surface area contributed by atoms with Crippen LogP contribution in [0.4, 0.5) is 5.69 Å². The van der Waals surface area contributed by atoms with Gasteiger partial charge in [-0.3, -0.25) is 10.3 Å². The number of pyridine rings is 1. The van der Waals surface area contributed by atoms with Crippen LogP contribution in [0.5, 0.6) is 0 Å². The molecule has 0 saturated carbocycles. The van der Waals surface area contributed by atoms with Crippen LogP contribution in [0.3, 0.4) is 0 Å². The molecular formula is C14H15N3. The molecule has 0 amide bonds. The molecule has 2 heterocycles.